The number of aliphatic hydroxyl groups excluding tert-OH is 2. The van der Waals surface area contributed by atoms with Gasteiger partial charge in [0.25, 0.3) is 0 Å². The Hall–Kier alpha value is -1.79. The fraction of sp³-hybridized carbons (Fsp3) is 0.308. The van der Waals surface area contributed by atoms with Crippen LogP contribution in [0.4, 0.5) is 8.78 Å². The quantitative estimate of drug-likeness (QED) is 0.864. The predicted octanol–water partition coefficient (Wildman–Crippen LogP) is 1.51. The molecule has 0 aliphatic carbocycles. The molecule has 19 heavy (non-hydrogen) atoms. The Balaban J connectivity index is 2.30. The van der Waals surface area contributed by atoms with Crippen molar-refractivity contribution in [1.82, 2.24) is 9.78 Å². The summed E-state index contributed by atoms with van der Waals surface area (Å²) in [6.07, 6.45) is -1.16. The Morgan fingerprint density at radius 2 is 1.95 bits per heavy atom. The smallest absolute Gasteiger partial charge is 0.123 e. The topological polar surface area (TPSA) is 58.3 Å². The highest BCUT2D eigenvalue weighted by Gasteiger charge is 2.12. The van der Waals surface area contributed by atoms with Gasteiger partial charge in [0.15, 0.2) is 0 Å². The summed E-state index contributed by atoms with van der Waals surface area (Å²) in [5.74, 6) is -0.349. The zero-order valence-corrected chi connectivity index (χ0v) is 10.1. The molecule has 0 fully saturated rings. The average Bonchev–Trinajstić information content (AvgIpc) is 2.82. The zero-order valence-electron chi connectivity index (χ0n) is 10.1. The second-order valence-corrected chi connectivity index (χ2v) is 4.18. The van der Waals surface area contributed by atoms with Crippen LogP contribution in [0.3, 0.4) is 0 Å². The van der Waals surface area contributed by atoms with Crippen LogP contribution >= 0.6 is 0 Å². The fourth-order valence-corrected chi connectivity index (χ4v) is 1.75. The van der Waals surface area contributed by atoms with Gasteiger partial charge in [-0.2, -0.15) is 5.10 Å². The fourth-order valence-electron chi connectivity index (χ4n) is 1.75. The van der Waals surface area contributed by atoms with Crippen LogP contribution in [0.15, 0.2) is 30.3 Å². The molecule has 1 unspecified atom stereocenters. The Kier molecular flexibility index (Phi) is 4.24. The van der Waals surface area contributed by atoms with Crippen LogP contribution in [-0.2, 0) is 13.2 Å². The summed E-state index contributed by atoms with van der Waals surface area (Å²) >= 11 is 0. The van der Waals surface area contributed by atoms with Gasteiger partial charge < -0.3 is 10.2 Å². The largest absolute Gasteiger partial charge is 0.390 e. The summed E-state index contributed by atoms with van der Waals surface area (Å²) in [5, 5.41) is 22.7. The van der Waals surface area contributed by atoms with Crippen LogP contribution in [0.25, 0.3) is 11.3 Å². The van der Waals surface area contributed by atoms with Gasteiger partial charge in [0.2, 0.25) is 0 Å². The Bertz CT molecular complexity index is 540. The molecule has 0 aliphatic rings. The van der Waals surface area contributed by atoms with Gasteiger partial charge in [0.05, 0.1) is 24.5 Å². The van der Waals surface area contributed by atoms with E-state index in [0.717, 1.165) is 0 Å². The van der Waals surface area contributed by atoms with Gasteiger partial charge >= 0.3 is 0 Å². The number of hydrogen-bond acceptors (Lipinski definition) is 3. The van der Waals surface area contributed by atoms with Crippen molar-refractivity contribution in [2.24, 2.45) is 0 Å². The zero-order chi connectivity index (χ0) is 13.8. The lowest BCUT2D eigenvalue weighted by Crippen LogP contribution is -2.20. The lowest BCUT2D eigenvalue weighted by Gasteiger charge is -2.08. The molecular weight excluding hydrogens is 254 g/mol. The molecule has 1 heterocycles. The Labute approximate surface area is 108 Å². The number of hydrogen-bond donors (Lipinski definition) is 2. The minimum Gasteiger partial charge on any atom is -0.390 e. The van der Waals surface area contributed by atoms with Crippen molar-refractivity contribution in [3.05, 3.63) is 41.8 Å². The van der Waals surface area contributed by atoms with Crippen LogP contribution in [0.2, 0.25) is 0 Å². The third kappa shape index (κ3) is 3.15. The maximum absolute atomic E-state index is 12.8. The third-order valence-corrected chi connectivity index (χ3v) is 2.73. The van der Waals surface area contributed by atoms with E-state index >= 15 is 0 Å². The predicted molar refractivity (Wildman–Crippen MR) is 65.5 cm³/mol. The van der Waals surface area contributed by atoms with Crippen LogP contribution in [0.1, 0.15) is 5.69 Å². The van der Waals surface area contributed by atoms with E-state index in [1.165, 1.54) is 16.8 Å². The maximum Gasteiger partial charge on any atom is 0.123 e. The number of rotatable bonds is 5. The number of halogens is 2. The minimum absolute atomic E-state index is 0.0341. The molecule has 0 radical (unpaired) electrons. The van der Waals surface area contributed by atoms with Crippen LogP contribution in [0, 0.1) is 5.82 Å². The first-order valence-corrected chi connectivity index (χ1v) is 5.81. The Morgan fingerprint density at radius 3 is 2.53 bits per heavy atom. The van der Waals surface area contributed by atoms with E-state index in [1.54, 1.807) is 18.2 Å². The Morgan fingerprint density at radius 1 is 1.26 bits per heavy atom. The molecule has 102 valence electrons. The van der Waals surface area contributed by atoms with E-state index in [1.807, 2.05) is 0 Å². The number of benzene rings is 1. The van der Waals surface area contributed by atoms with Gasteiger partial charge in [-0.25, -0.2) is 8.78 Å². The van der Waals surface area contributed by atoms with Gasteiger partial charge in [-0.15, -0.1) is 0 Å². The monoisotopic (exact) mass is 268 g/mol. The van der Waals surface area contributed by atoms with Crippen LogP contribution in [0.5, 0.6) is 0 Å². The highest BCUT2D eigenvalue weighted by molar-refractivity contribution is 5.59. The van der Waals surface area contributed by atoms with Crippen molar-refractivity contribution < 1.29 is 19.0 Å². The van der Waals surface area contributed by atoms with Crippen LogP contribution in [-0.4, -0.2) is 32.8 Å². The minimum atomic E-state index is -1.16. The molecule has 0 amide bonds. The van der Waals surface area contributed by atoms with Crippen molar-refractivity contribution in [2.75, 3.05) is 6.67 Å². The average molecular weight is 268 g/mol. The molecule has 4 nitrogen and oxygen atoms in total. The van der Waals surface area contributed by atoms with Crippen molar-refractivity contribution >= 4 is 0 Å². The van der Waals surface area contributed by atoms with Crippen molar-refractivity contribution in [3.8, 4) is 11.3 Å². The molecule has 2 rings (SSSR count). The van der Waals surface area contributed by atoms with Crippen LogP contribution < -0.4 is 0 Å². The van der Waals surface area contributed by atoms with E-state index in [2.05, 4.69) is 5.10 Å². The van der Waals surface area contributed by atoms with Gasteiger partial charge in [-0.05, 0) is 30.3 Å². The maximum atomic E-state index is 12.8. The standard InChI is InChI=1S/C13H14F2N2O2/c14-6-12(19)7-17-11(8-18)5-13(16-17)9-1-3-10(15)4-2-9/h1-5,12,18-19H,6-8H2. The number of aromatic nitrogens is 2. The molecule has 2 aromatic rings. The summed E-state index contributed by atoms with van der Waals surface area (Å²) < 4.78 is 26.5. The highest BCUT2D eigenvalue weighted by Crippen LogP contribution is 2.20. The molecular formula is C13H14F2N2O2. The van der Waals surface area contributed by atoms with Gasteiger partial charge in [0, 0.05) is 5.56 Å². The highest BCUT2D eigenvalue weighted by atomic mass is 19.1. The molecule has 1 aromatic heterocycles. The number of aliphatic hydroxyl groups is 2. The molecule has 0 saturated carbocycles. The first-order chi connectivity index (χ1) is 9.13. The second kappa shape index (κ2) is 5.90. The summed E-state index contributed by atoms with van der Waals surface area (Å²) in [5.41, 5.74) is 1.69. The summed E-state index contributed by atoms with van der Waals surface area (Å²) in [4.78, 5) is 0. The molecule has 6 heteroatoms. The van der Waals surface area contributed by atoms with Gasteiger partial charge in [-0.3, -0.25) is 4.68 Å². The third-order valence-electron chi connectivity index (χ3n) is 2.73. The molecule has 0 bridgehead atoms. The number of alkyl halides is 1. The summed E-state index contributed by atoms with van der Waals surface area (Å²) in [6.45, 7) is -1.18. The summed E-state index contributed by atoms with van der Waals surface area (Å²) in [6, 6.07) is 7.37. The second-order valence-electron chi connectivity index (χ2n) is 4.18. The molecule has 0 spiro atoms. The van der Waals surface area contributed by atoms with Crippen molar-refractivity contribution in [1.29, 1.82) is 0 Å². The van der Waals surface area contributed by atoms with Gasteiger partial charge in [-0.1, -0.05) is 0 Å². The molecule has 1 aromatic carbocycles. The lowest BCUT2D eigenvalue weighted by atomic mass is 10.1. The van der Waals surface area contributed by atoms with E-state index in [-0.39, 0.29) is 19.0 Å². The first-order valence-electron chi connectivity index (χ1n) is 5.81. The van der Waals surface area contributed by atoms with Crippen molar-refractivity contribution in [2.45, 2.75) is 19.3 Å². The normalized spacial score (nSPS) is 12.6. The molecule has 0 aliphatic heterocycles. The first kappa shape index (κ1) is 13.6. The van der Waals surface area contributed by atoms with E-state index < -0.39 is 12.8 Å². The van der Waals surface area contributed by atoms with E-state index in [4.69, 9.17) is 0 Å². The summed E-state index contributed by atoms with van der Waals surface area (Å²) in [7, 11) is 0. The van der Waals surface area contributed by atoms with E-state index in [0.29, 0.717) is 17.0 Å². The lowest BCUT2D eigenvalue weighted by molar-refractivity contribution is 0.115. The number of nitrogens with zero attached hydrogens (tertiary/aromatic N) is 2. The van der Waals surface area contributed by atoms with Crippen molar-refractivity contribution in [3.63, 3.8) is 0 Å². The van der Waals surface area contributed by atoms with E-state index in [9.17, 15) is 19.0 Å². The molecule has 0 saturated heterocycles. The molecule has 2 N–H and O–H groups in total. The molecule has 1 atom stereocenters. The SMILES string of the molecule is OCc1cc(-c2ccc(F)cc2)nn1CC(O)CF. The van der Waals surface area contributed by atoms with Gasteiger partial charge in [0.1, 0.15) is 18.6 Å².